The summed E-state index contributed by atoms with van der Waals surface area (Å²) in [5, 5.41) is 13.6. The number of amides is 1. The lowest BCUT2D eigenvalue weighted by atomic mass is 9.99. The molecule has 0 aliphatic heterocycles. The highest BCUT2D eigenvalue weighted by atomic mass is 16.6. The SMILES string of the molecule is CC[C@@H](C)c1ccc(OCC(=O)Nc2cccc([N+](=O)[O-])c2C)cc1. The normalized spacial score (nSPS) is 11.6. The third-order valence-electron chi connectivity index (χ3n) is 4.21. The lowest BCUT2D eigenvalue weighted by Gasteiger charge is -2.11. The molecule has 2 aromatic rings. The van der Waals surface area contributed by atoms with Crippen LogP contribution in [0.5, 0.6) is 5.75 Å². The smallest absolute Gasteiger partial charge is 0.274 e. The second-order valence-corrected chi connectivity index (χ2v) is 5.92. The Balaban J connectivity index is 1.95. The molecule has 0 saturated heterocycles. The van der Waals surface area contributed by atoms with E-state index in [1.54, 1.807) is 13.0 Å². The molecule has 0 unspecified atom stereocenters. The van der Waals surface area contributed by atoms with Gasteiger partial charge in [-0.3, -0.25) is 14.9 Å². The monoisotopic (exact) mass is 342 g/mol. The van der Waals surface area contributed by atoms with E-state index in [9.17, 15) is 14.9 Å². The van der Waals surface area contributed by atoms with Crippen LogP contribution in [0.15, 0.2) is 42.5 Å². The van der Waals surface area contributed by atoms with Gasteiger partial charge in [-0.25, -0.2) is 0 Å². The van der Waals surface area contributed by atoms with Crippen molar-refractivity contribution < 1.29 is 14.5 Å². The highest BCUT2D eigenvalue weighted by Gasteiger charge is 2.15. The molecular formula is C19H22N2O4. The predicted molar refractivity (Wildman–Crippen MR) is 97.1 cm³/mol. The van der Waals surface area contributed by atoms with Gasteiger partial charge in [0.05, 0.1) is 16.2 Å². The molecule has 25 heavy (non-hydrogen) atoms. The van der Waals surface area contributed by atoms with Crippen molar-refractivity contribution in [1.82, 2.24) is 0 Å². The summed E-state index contributed by atoms with van der Waals surface area (Å²) in [6.45, 7) is 5.73. The number of rotatable bonds is 7. The molecule has 0 radical (unpaired) electrons. The van der Waals surface area contributed by atoms with Crippen molar-refractivity contribution in [2.24, 2.45) is 0 Å². The number of nitro benzene ring substituents is 1. The van der Waals surface area contributed by atoms with E-state index in [2.05, 4.69) is 19.2 Å². The molecule has 132 valence electrons. The molecule has 6 nitrogen and oxygen atoms in total. The topological polar surface area (TPSA) is 81.5 Å². The minimum Gasteiger partial charge on any atom is -0.484 e. The Morgan fingerprint density at radius 1 is 1.24 bits per heavy atom. The maximum atomic E-state index is 12.0. The molecule has 2 rings (SSSR count). The summed E-state index contributed by atoms with van der Waals surface area (Å²) in [5.74, 6) is 0.724. The van der Waals surface area contributed by atoms with Gasteiger partial charge in [0.25, 0.3) is 11.6 Å². The van der Waals surface area contributed by atoms with Gasteiger partial charge < -0.3 is 10.1 Å². The largest absolute Gasteiger partial charge is 0.484 e. The summed E-state index contributed by atoms with van der Waals surface area (Å²) in [6, 6.07) is 12.2. The van der Waals surface area contributed by atoms with Crippen molar-refractivity contribution in [3.8, 4) is 5.75 Å². The number of carbonyl (C=O) groups is 1. The average Bonchev–Trinajstić information content (AvgIpc) is 2.61. The number of nitro groups is 1. The van der Waals surface area contributed by atoms with Crippen LogP contribution in [-0.2, 0) is 4.79 Å². The second kappa shape index (κ2) is 8.28. The zero-order valence-electron chi connectivity index (χ0n) is 14.6. The fourth-order valence-electron chi connectivity index (χ4n) is 2.42. The summed E-state index contributed by atoms with van der Waals surface area (Å²) < 4.78 is 5.48. The molecule has 1 N–H and O–H groups in total. The molecule has 0 bridgehead atoms. The molecule has 0 aromatic heterocycles. The summed E-state index contributed by atoms with van der Waals surface area (Å²) >= 11 is 0. The van der Waals surface area contributed by atoms with Crippen LogP contribution in [0, 0.1) is 17.0 Å². The number of anilines is 1. The number of hydrogen-bond donors (Lipinski definition) is 1. The standard InChI is InChI=1S/C19H22N2O4/c1-4-13(2)15-8-10-16(11-9-15)25-12-19(22)20-17-6-5-7-18(14(17)3)21(23)24/h5-11,13H,4,12H2,1-3H3,(H,20,22)/t13-/m1/s1. The third kappa shape index (κ3) is 4.79. The van der Waals surface area contributed by atoms with Gasteiger partial charge in [-0.1, -0.05) is 32.0 Å². The quantitative estimate of drug-likeness (QED) is 0.596. The number of carbonyl (C=O) groups excluding carboxylic acids is 1. The molecule has 0 aliphatic carbocycles. The maximum absolute atomic E-state index is 12.0. The Hall–Kier alpha value is -2.89. The second-order valence-electron chi connectivity index (χ2n) is 5.92. The van der Waals surface area contributed by atoms with Crippen LogP contribution in [0.1, 0.15) is 37.3 Å². The minimum atomic E-state index is -0.472. The zero-order chi connectivity index (χ0) is 18.4. The number of hydrogen-bond acceptors (Lipinski definition) is 4. The molecule has 0 spiro atoms. The van der Waals surface area contributed by atoms with Crippen molar-refractivity contribution in [3.63, 3.8) is 0 Å². The van der Waals surface area contributed by atoms with Crippen LogP contribution in [0.3, 0.4) is 0 Å². The van der Waals surface area contributed by atoms with E-state index in [1.807, 2.05) is 24.3 Å². The highest BCUT2D eigenvalue weighted by molar-refractivity contribution is 5.93. The molecule has 6 heteroatoms. The van der Waals surface area contributed by atoms with E-state index in [4.69, 9.17) is 4.74 Å². The first kappa shape index (κ1) is 18.4. The van der Waals surface area contributed by atoms with Crippen LogP contribution in [-0.4, -0.2) is 17.4 Å². The molecule has 0 aliphatic rings. The summed E-state index contributed by atoms with van der Waals surface area (Å²) in [7, 11) is 0. The van der Waals surface area contributed by atoms with E-state index in [0.717, 1.165) is 6.42 Å². The Kier molecular flexibility index (Phi) is 6.11. The first-order valence-electron chi connectivity index (χ1n) is 8.19. The fraction of sp³-hybridized carbons (Fsp3) is 0.316. The zero-order valence-corrected chi connectivity index (χ0v) is 14.6. The Labute approximate surface area is 147 Å². The Morgan fingerprint density at radius 2 is 1.92 bits per heavy atom. The van der Waals surface area contributed by atoms with E-state index < -0.39 is 4.92 Å². The lowest BCUT2D eigenvalue weighted by molar-refractivity contribution is -0.385. The van der Waals surface area contributed by atoms with E-state index >= 15 is 0 Å². The molecule has 0 heterocycles. The van der Waals surface area contributed by atoms with Gasteiger partial charge >= 0.3 is 0 Å². The van der Waals surface area contributed by atoms with Crippen LogP contribution < -0.4 is 10.1 Å². The van der Waals surface area contributed by atoms with Crippen LogP contribution in [0.25, 0.3) is 0 Å². The van der Waals surface area contributed by atoms with E-state index in [-0.39, 0.29) is 18.2 Å². The Morgan fingerprint density at radius 3 is 2.52 bits per heavy atom. The Bertz CT molecular complexity index is 757. The molecule has 0 saturated carbocycles. The van der Waals surface area contributed by atoms with Crippen molar-refractivity contribution in [1.29, 1.82) is 0 Å². The number of ether oxygens (including phenoxy) is 1. The number of nitrogens with one attached hydrogen (secondary N) is 1. The maximum Gasteiger partial charge on any atom is 0.274 e. The van der Waals surface area contributed by atoms with Gasteiger partial charge in [0.15, 0.2) is 6.61 Å². The van der Waals surface area contributed by atoms with Gasteiger partial charge in [-0.05, 0) is 43.0 Å². The highest BCUT2D eigenvalue weighted by Crippen LogP contribution is 2.25. The van der Waals surface area contributed by atoms with Crippen LogP contribution in [0.4, 0.5) is 11.4 Å². The van der Waals surface area contributed by atoms with Crippen LogP contribution >= 0.6 is 0 Å². The first-order chi connectivity index (χ1) is 11.9. The number of benzene rings is 2. The van der Waals surface area contributed by atoms with Crippen molar-refractivity contribution >= 4 is 17.3 Å². The molecule has 1 amide bonds. The molecule has 2 aromatic carbocycles. The van der Waals surface area contributed by atoms with E-state index in [0.29, 0.717) is 22.9 Å². The van der Waals surface area contributed by atoms with Gasteiger partial charge in [0.2, 0.25) is 0 Å². The van der Waals surface area contributed by atoms with Crippen molar-refractivity contribution in [2.75, 3.05) is 11.9 Å². The number of nitrogens with zero attached hydrogens (tertiary/aromatic N) is 1. The van der Waals surface area contributed by atoms with E-state index in [1.165, 1.54) is 17.7 Å². The molecular weight excluding hydrogens is 320 g/mol. The summed E-state index contributed by atoms with van der Waals surface area (Å²) in [5.41, 5.74) is 2.03. The van der Waals surface area contributed by atoms with Gasteiger partial charge in [-0.15, -0.1) is 0 Å². The minimum absolute atomic E-state index is 0.0284. The predicted octanol–water partition coefficient (Wildman–Crippen LogP) is 4.43. The van der Waals surface area contributed by atoms with Gasteiger partial charge in [-0.2, -0.15) is 0 Å². The van der Waals surface area contributed by atoms with Crippen molar-refractivity contribution in [3.05, 3.63) is 63.7 Å². The van der Waals surface area contributed by atoms with Crippen molar-refractivity contribution in [2.45, 2.75) is 33.1 Å². The molecule has 1 atom stereocenters. The molecule has 0 fully saturated rings. The van der Waals surface area contributed by atoms with Gasteiger partial charge in [0, 0.05) is 6.07 Å². The van der Waals surface area contributed by atoms with Crippen LogP contribution in [0.2, 0.25) is 0 Å². The fourth-order valence-corrected chi connectivity index (χ4v) is 2.42. The summed E-state index contributed by atoms with van der Waals surface area (Å²) in [4.78, 5) is 22.5. The summed E-state index contributed by atoms with van der Waals surface area (Å²) in [6.07, 6.45) is 1.06. The average molecular weight is 342 g/mol. The third-order valence-corrected chi connectivity index (χ3v) is 4.21. The van der Waals surface area contributed by atoms with Gasteiger partial charge in [0.1, 0.15) is 5.75 Å². The first-order valence-corrected chi connectivity index (χ1v) is 8.19. The lowest BCUT2D eigenvalue weighted by Crippen LogP contribution is -2.20.